The standard InChI is InChI=1S/C27H22Br2N2O2/c1-17-27(26(33)31(30-17)22-5-3-2-4-6-22)24(18-7-11-20(28)12-8-18)15-23(32)16-25(27)19-9-13-21(29)14-10-19/h2-14,24-25H,15-16H2,1H3/t24-,25-/m0/s1. The van der Waals surface area contributed by atoms with E-state index in [0.717, 1.165) is 31.5 Å². The largest absolute Gasteiger partial charge is 0.300 e. The summed E-state index contributed by atoms with van der Waals surface area (Å²) in [7, 11) is 0. The zero-order chi connectivity index (χ0) is 23.2. The first-order chi connectivity index (χ1) is 15.9. The molecule has 0 aromatic heterocycles. The van der Waals surface area contributed by atoms with Crippen molar-refractivity contribution in [1.82, 2.24) is 0 Å². The molecule has 166 valence electrons. The lowest BCUT2D eigenvalue weighted by Crippen LogP contribution is -2.52. The van der Waals surface area contributed by atoms with Crippen LogP contribution in [0.15, 0.2) is 92.9 Å². The topological polar surface area (TPSA) is 49.7 Å². The Bertz CT molecular complexity index is 1180. The quantitative estimate of drug-likeness (QED) is 0.348. The normalized spacial score (nSPS) is 22.0. The molecule has 1 heterocycles. The van der Waals surface area contributed by atoms with Gasteiger partial charge in [-0.3, -0.25) is 9.59 Å². The van der Waals surface area contributed by atoms with Crippen molar-refractivity contribution in [3.63, 3.8) is 0 Å². The fourth-order valence-corrected chi connectivity index (χ4v) is 5.94. The summed E-state index contributed by atoms with van der Waals surface area (Å²) in [6.07, 6.45) is 0.631. The van der Waals surface area contributed by atoms with Crippen LogP contribution in [0.1, 0.15) is 42.7 Å². The number of hydrogen-bond donors (Lipinski definition) is 0. The average molecular weight is 566 g/mol. The highest BCUT2D eigenvalue weighted by Crippen LogP contribution is 2.58. The third-order valence-electron chi connectivity index (χ3n) is 6.90. The third kappa shape index (κ3) is 3.69. The average Bonchev–Trinajstić information content (AvgIpc) is 3.08. The Morgan fingerprint density at radius 1 is 0.788 bits per heavy atom. The number of carbonyl (C=O) groups excluding carboxylic acids is 2. The summed E-state index contributed by atoms with van der Waals surface area (Å²) < 4.78 is 1.92. The van der Waals surface area contributed by atoms with Crippen molar-refractivity contribution in [2.24, 2.45) is 10.5 Å². The number of hydrogen-bond acceptors (Lipinski definition) is 3. The summed E-state index contributed by atoms with van der Waals surface area (Å²) in [5.74, 6) is -0.504. The number of nitrogens with zero attached hydrogens (tertiary/aromatic N) is 2. The number of ketones is 1. The summed E-state index contributed by atoms with van der Waals surface area (Å²) in [5, 5.41) is 6.33. The summed E-state index contributed by atoms with van der Waals surface area (Å²) in [6, 6.07) is 25.5. The first-order valence-corrected chi connectivity index (χ1v) is 12.5. The minimum absolute atomic E-state index is 0.0699. The van der Waals surface area contributed by atoms with Gasteiger partial charge < -0.3 is 0 Å². The van der Waals surface area contributed by atoms with Crippen molar-refractivity contribution in [1.29, 1.82) is 0 Å². The number of Topliss-reactive ketones (excluding diaryl/α,β-unsaturated/α-hetero) is 1. The molecule has 3 aromatic rings. The predicted molar refractivity (Wildman–Crippen MR) is 137 cm³/mol. The number of benzene rings is 3. The van der Waals surface area contributed by atoms with Crippen molar-refractivity contribution in [2.45, 2.75) is 31.6 Å². The van der Waals surface area contributed by atoms with Crippen LogP contribution in [-0.4, -0.2) is 17.4 Å². The fourth-order valence-electron chi connectivity index (χ4n) is 5.41. The summed E-state index contributed by atoms with van der Waals surface area (Å²) in [5.41, 5.74) is 2.51. The molecule has 5 rings (SSSR count). The van der Waals surface area contributed by atoms with Crippen LogP contribution >= 0.6 is 31.9 Å². The van der Waals surface area contributed by atoms with Gasteiger partial charge in [0.25, 0.3) is 5.91 Å². The van der Waals surface area contributed by atoms with Crippen molar-refractivity contribution in [2.75, 3.05) is 5.01 Å². The molecule has 2 aliphatic rings. The highest BCUT2D eigenvalue weighted by Gasteiger charge is 2.62. The van der Waals surface area contributed by atoms with E-state index in [9.17, 15) is 9.59 Å². The van der Waals surface area contributed by atoms with Gasteiger partial charge in [0.05, 0.1) is 11.4 Å². The van der Waals surface area contributed by atoms with Crippen molar-refractivity contribution < 1.29 is 9.59 Å². The van der Waals surface area contributed by atoms with Gasteiger partial charge in [0.2, 0.25) is 0 Å². The van der Waals surface area contributed by atoms with Gasteiger partial charge in [-0.05, 0) is 54.4 Å². The van der Waals surface area contributed by atoms with E-state index in [2.05, 4.69) is 31.9 Å². The van der Waals surface area contributed by atoms with Crippen LogP contribution in [0.4, 0.5) is 5.69 Å². The minimum atomic E-state index is -0.939. The highest BCUT2D eigenvalue weighted by atomic mass is 79.9. The highest BCUT2D eigenvalue weighted by molar-refractivity contribution is 9.10. The van der Waals surface area contributed by atoms with Crippen LogP contribution in [0.3, 0.4) is 0 Å². The van der Waals surface area contributed by atoms with Gasteiger partial charge in [-0.15, -0.1) is 0 Å². The number of halogens is 2. The molecule has 1 spiro atoms. The summed E-state index contributed by atoms with van der Waals surface area (Å²) >= 11 is 7.01. The van der Waals surface area contributed by atoms with E-state index in [1.165, 1.54) is 5.01 Å². The molecule has 1 fully saturated rings. The van der Waals surface area contributed by atoms with E-state index in [1.807, 2.05) is 85.8 Å². The number of hydrazone groups is 1. The lowest BCUT2D eigenvalue weighted by atomic mass is 9.54. The van der Waals surface area contributed by atoms with Crippen molar-refractivity contribution >= 4 is 54.9 Å². The van der Waals surface area contributed by atoms with Crippen LogP contribution in [0, 0.1) is 5.41 Å². The zero-order valence-electron chi connectivity index (χ0n) is 18.0. The van der Waals surface area contributed by atoms with Gasteiger partial charge in [-0.25, -0.2) is 0 Å². The Kier molecular flexibility index (Phi) is 5.83. The minimum Gasteiger partial charge on any atom is -0.300 e. The second kappa shape index (κ2) is 8.65. The molecule has 0 N–H and O–H groups in total. The number of amides is 1. The molecule has 1 aliphatic heterocycles. The van der Waals surface area contributed by atoms with Crippen LogP contribution < -0.4 is 5.01 Å². The summed E-state index contributed by atoms with van der Waals surface area (Å²) in [6.45, 7) is 1.94. The van der Waals surface area contributed by atoms with Gasteiger partial charge in [-0.1, -0.05) is 74.3 Å². The molecule has 2 atom stereocenters. The third-order valence-corrected chi connectivity index (χ3v) is 7.96. The molecular formula is C27H22Br2N2O2. The lowest BCUT2D eigenvalue weighted by molar-refractivity contribution is -0.131. The first-order valence-electron chi connectivity index (χ1n) is 10.9. The first kappa shape index (κ1) is 22.2. The number of carbonyl (C=O) groups is 2. The zero-order valence-corrected chi connectivity index (χ0v) is 21.2. The maximum atomic E-state index is 14.4. The van der Waals surface area contributed by atoms with Crippen LogP contribution in [0.5, 0.6) is 0 Å². The molecule has 3 aromatic carbocycles. The monoisotopic (exact) mass is 564 g/mol. The maximum absolute atomic E-state index is 14.4. The summed E-state index contributed by atoms with van der Waals surface area (Å²) in [4.78, 5) is 27.5. The SMILES string of the molecule is CC1=NN(c2ccccc2)C(=O)C12[C@H](c1ccc(Br)cc1)CC(=O)C[C@H]2c1ccc(Br)cc1. The van der Waals surface area contributed by atoms with Gasteiger partial charge in [0.15, 0.2) is 0 Å². The van der Waals surface area contributed by atoms with Crippen LogP contribution in [0.2, 0.25) is 0 Å². The molecule has 1 saturated carbocycles. The number of para-hydroxylation sites is 1. The molecular weight excluding hydrogens is 544 g/mol. The van der Waals surface area contributed by atoms with Gasteiger partial charge in [-0.2, -0.15) is 10.1 Å². The maximum Gasteiger partial charge on any atom is 0.260 e. The Hall–Kier alpha value is -2.57. The van der Waals surface area contributed by atoms with Gasteiger partial charge >= 0.3 is 0 Å². The van der Waals surface area contributed by atoms with Crippen molar-refractivity contribution in [3.05, 3.63) is 98.9 Å². The molecule has 33 heavy (non-hydrogen) atoms. The van der Waals surface area contributed by atoms with E-state index in [-0.39, 0.29) is 23.5 Å². The molecule has 1 amide bonds. The molecule has 6 heteroatoms. The van der Waals surface area contributed by atoms with E-state index < -0.39 is 5.41 Å². The smallest absolute Gasteiger partial charge is 0.260 e. The fraction of sp³-hybridized carbons (Fsp3) is 0.222. The molecule has 0 bridgehead atoms. The Morgan fingerprint density at radius 3 is 1.76 bits per heavy atom. The molecule has 0 unspecified atom stereocenters. The van der Waals surface area contributed by atoms with Gasteiger partial charge in [0.1, 0.15) is 11.2 Å². The van der Waals surface area contributed by atoms with Crippen LogP contribution in [0.25, 0.3) is 0 Å². The Balaban J connectivity index is 1.72. The molecule has 0 radical (unpaired) electrons. The number of anilines is 1. The van der Waals surface area contributed by atoms with Gasteiger partial charge in [0, 0.05) is 33.6 Å². The number of rotatable bonds is 3. The van der Waals surface area contributed by atoms with E-state index in [0.29, 0.717) is 12.8 Å². The second-order valence-corrected chi connectivity index (χ2v) is 10.5. The predicted octanol–water partition coefficient (Wildman–Crippen LogP) is 6.85. The molecule has 0 saturated heterocycles. The molecule has 1 aliphatic carbocycles. The van der Waals surface area contributed by atoms with Crippen LogP contribution in [-0.2, 0) is 9.59 Å². The van der Waals surface area contributed by atoms with E-state index in [1.54, 1.807) is 0 Å². The second-order valence-electron chi connectivity index (χ2n) is 8.66. The van der Waals surface area contributed by atoms with E-state index in [4.69, 9.17) is 5.10 Å². The molecule has 4 nitrogen and oxygen atoms in total. The van der Waals surface area contributed by atoms with E-state index >= 15 is 0 Å². The Morgan fingerprint density at radius 2 is 1.27 bits per heavy atom. The van der Waals surface area contributed by atoms with Crippen molar-refractivity contribution in [3.8, 4) is 0 Å². The Labute approximate surface area is 210 Å². The lowest BCUT2D eigenvalue weighted by Gasteiger charge is -2.46.